The molecule has 0 aromatic heterocycles. The largest absolute Gasteiger partial charge is 0.497 e. The normalized spacial score (nSPS) is 9.87. The molecule has 5 nitrogen and oxygen atoms in total. The van der Waals surface area contributed by atoms with Crippen LogP contribution in [0.5, 0.6) is 11.5 Å². The molecule has 0 aliphatic heterocycles. The zero-order chi connectivity index (χ0) is 16.8. The van der Waals surface area contributed by atoms with Crippen LogP contribution in [0.25, 0.3) is 0 Å². The van der Waals surface area contributed by atoms with Gasteiger partial charge in [0.25, 0.3) is 5.91 Å². The van der Waals surface area contributed by atoms with Crippen molar-refractivity contribution in [3.63, 3.8) is 0 Å². The van der Waals surface area contributed by atoms with Gasteiger partial charge in [0.1, 0.15) is 11.5 Å². The molecule has 2 aromatic carbocycles. The number of carbonyl (C=O) groups is 1. The fourth-order valence-electron chi connectivity index (χ4n) is 1.98. The molecule has 0 radical (unpaired) electrons. The van der Waals surface area contributed by atoms with E-state index in [1.807, 2.05) is 31.2 Å². The molecule has 0 fully saturated rings. The molecule has 0 saturated heterocycles. The van der Waals surface area contributed by atoms with Gasteiger partial charge in [-0.1, -0.05) is 18.2 Å². The highest BCUT2D eigenvalue weighted by atomic mass is 32.1. The summed E-state index contributed by atoms with van der Waals surface area (Å²) in [5, 5.41) is 5.88. The van der Waals surface area contributed by atoms with Gasteiger partial charge >= 0.3 is 0 Å². The van der Waals surface area contributed by atoms with Crippen molar-refractivity contribution in [2.45, 2.75) is 6.92 Å². The first-order valence-electron chi connectivity index (χ1n) is 6.94. The van der Waals surface area contributed by atoms with Gasteiger partial charge in [0.05, 0.1) is 14.2 Å². The lowest BCUT2D eigenvalue weighted by Crippen LogP contribution is -2.34. The van der Waals surface area contributed by atoms with Gasteiger partial charge < -0.3 is 14.8 Å². The van der Waals surface area contributed by atoms with Gasteiger partial charge in [0.2, 0.25) is 0 Å². The standard InChI is InChI=1S/C17H18N2O3S/c1-11-6-4-5-7-15(11)18-17(23)19-16(20)12-8-13(21-2)10-14(9-12)22-3/h4-10H,1-3H3,(H2,18,19,20,23). The monoisotopic (exact) mass is 330 g/mol. The van der Waals surface area contributed by atoms with Crippen LogP contribution in [0, 0.1) is 6.92 Å². The average molecular weight is 330 g/mol. The van der Waals surface area contributed by atoms with Crippen LogP contribution < -0.4 is 20.1 Å². The number of para-hydroxylation sites is 1. The van der Waals surface area contributed by atoms with Gasteiger partial charge in [0, 0.05) is 17.3 Å². The number of anilines is 1. The number of amides is 1. The van der Waals surface area contributed by atoms with Gasteiger partial charge in [0.15, 0.2) is 5.11 Å². The Bertz CT molecular complexity index is 709. The van der Waals surface area contributed by atoms with Crippen LogP contribution in [0.1, 0.15) is 15.9 Å². The van der Waals surface area contributed by atoms with Gasteiger partial charge in [-0.15, -0.1) is 0 Å². The third-order valence-electron chi connectivity index (χ3n) is 3.23. The maximum atomic E-state index is 12.3. The summed E-state index contributed by atoms with van der Waals surface area (Å²) in [6.07, 6.45) is 0. The number of rotatable bonds is 4. The number of aryl methyl sites for hydroxylation is 1. The quantitative estimate of drug-likeness (QED) is 0.844. The Morgan fingerprint density at radius 2 is 1.65 bits per heavy atom. The van der Waals surface area contributed by atoms with Gasteiger partial charge in [-0.25, -0.2) is 0 Å². The predicted molar refractivity (Wildman–Crippen MR) is 94.4 cm³/mol. The molecule has 6 heteroatoms. The molecule has 0 spiro atoms. The summed E-state index contributed by atoms with van der Waals surface area (Å²) >= 11 is 5.19. The minimum absolute atomic E-state index is 0.228. The molecule has 0 heterocycles. The molecular weight excluding hydrogens is 312 g/mol. The minimum Gasteiger partial charge on any atom is -0.497 e. The Hall–Kier alpha value is -2.60. The molecule has 120 valence electrons. The van der Waals surface area contributed by atoms with Gasteiger partial charge in [-0.2, -0.15) is 0 Å². The molecule has 2 N–H and O–H groups in total. The summed E-state index contributed by atoms with van der Waals surface area (Å²) in [7, 11) is 3.06. The second-order valence-electron chi connectivity index (χ2n) is 4.82. The number of ether oxygens (including phenoxy) is 2. The number of methoxy groups -OCH3 is 2. The van der Waals surface area contributed by atoms with E-state index in [9.17, 15) is 4.79 Å². The van der Waals surface area contributed by atoms with E-state index in [-0.39, 0.29) is 11.0 Å². The lowest BCUT2D eigenvalue weighted by molar-refractivity contribution is 0.0977. The predicted octanol–water partition coefficient (Wildman–Crippen LogP) is 3.14. The van der Waals surface area contributed by atoms with Crippen LogP contribution in [0.2, 0.25) is 0 Å². The molecule has 1 amide bonds. The zero-order valence-corrected chi connectivity index (χ0v) is 14.0. The topological polar surface area (TPSA) is 59.6 Å². The Morgan fingerprint density at radius 1 is 1.04 bits per heavy atom. The maximum absolute atomic E-state index is 12.3. The summed E-state index contributed by atoms with van der Waals surface area (Å²) in [5.74, 6) is 0.729. The molecule has 0 aliphatic carbocycles. The fraction of sp³-hybridized carbons (Fsp3) is 0.176. The summed E-state index contributed by atoms with van der Waals surface area (Å²) in [5.41, 5.74) is 2.28. The highest BCUT2D eigenvalue weighted by molar-refractivity contribution is 7.80. The van der Waals surface area contributed by atoms with E-state index >= 15 is 0 Å². The smallest absolute Gasteiger partial charge is 0.257 e. The van der Waals surface area contributed by atoms with Crippen LogP contribution in [0.15, 0.2) is 42.5 Å². The minimum atomic E-state index is -0.340. The molecule has 23 heavy (non-hydrogen) atoms. The molecule has 2 rings (SSSR count). The van der Waals surface area contributed by atoms with Crippen molar-refractivity contribution < 1.29 is 14.3 Å². The second-order valence-corrected chi connectivity index (χ2v) is 5.23. The van der Waals surface area contributed by atoms with Crippen LogP contribution >= 0.6 is 12.2 Å². The molecule has 0 aliphatic rings. The molecule has 0 bridgehead atoms. The molecular formula is C17H18N2O3S. The third kappa shape index (κ3) is 4.43. The maximum Gasteiger partial charge on any atom is 0.257 e. The van der Waals surface area contributed by atoms with Crippen molar-refractivity contribution in [2.24, 2.45) is 0 Å². The first-order chi connectivity index (χ1) is 11.0. The third-order valence-corrected chi connectivity index (χ3v) is 3.44. The van der Waals surface area contributed by atoms with E-state index in [1.54, 1.807) is 18.2 Å². The highest BCUT2D eigenvalue weighted by Crippen LogP contribution is 2.22. The number of benzene rings is 2. The Balaban J connectivity index is 2.09. The SMILES string of the molecule is COc1cc(OC)cc(C(=O)NC(=S)Nc2ccccc2C)c1. The molecule has 0 saturated carbocycles. The summed E-state index contributed by atoms with van der Waals surface area (Å²) < 4.78 is 10.3. The number of hydrogen-bond acceptors (Lipinski definition) is 4. The highest BCUT2D eigenvalue weighted by Gasteiger charge is 2.12. The first kappa shape index (κ1) is 16.8. The van der Waals surface area contributed by atoms with E-state index < -0.39 is 0 Å². The van der Waals surface area contributed by atoms with E-state index in [2.05, 4.69) is 10.6 Å². The fourth-order valence-corrected chi connectivity index (χ4v) is 2.18. The zero-order valence-electron chi connectivity index (χ0n) is 13.2. The summed E-state index contributed by atoms with van der Waals surface area (Å²) in [6, 6.07) is 12.6. The van der Waals surface area contributed by atoms with Crippen molar-refractivity contribution in [2.75, 3.05) is 19.5 Å². The van der Waals surface area contributed by atoms with E-state index in [1.165, 1.54) is 14.2 Å². The van der Waals surface area contributed by atoms with Crippen molar-refractivity contribution in [1.29, 1.82) is 0 Å². The van der Waals surface area contributed by atoms with Crippen LogP contribution in [-0.4, -0.2) is 25.2 Å². The van der Waals surface area contributed by atoms with E-state index in [0.29, 0.717) is 17.1 Å². The van der Waals surface area contributed by atoms with E-state index in [4.69, 9.17) is 21.7 Å². The van der Waals surface area contributed by atoms with Crippen LogP contribution in [0.3, 0.4) is 0 Å². The lowest BCUT2D eigenvalue weighted by Gasteiger charge is -2.12. The van der Waals surface area contributed by atoms with Gasteiger partial charge in [-0.3, -0.25) is 10.1 Å². The van der Waals surface area contributed by atoms with Crippen molar-refractivity contribution in [3.05, 3.63) is 53.6 Å². The Morgan fingerprint density at radius 3 is 2.22 bits per heavy atom. The van der Waals surface area contributed by atoms with Crippen molar-refractivity contribution >= 4 is 28.9 Å². The van der Waals surface area contributed by atoms with Crippen LogP contribution in [0.4, 0.5) is 5.69 Å². The summed E-state index contributed by atoms with van der Waals surface area (Å²) in [6.45, 7) is 1.96. The molecule has 2 aromatic rings. The van der Waals surface area contributed by atoms with Crippen molar-refractivity contribution in [3.8, 4) is 11.5 Å². The van der Waals surface area contributed by atoms with E-state index in [0.717, 1.165) is 11.3 Å². The Kier molecular flexibility index (Phi) is 5.54. The molecule has 0 unspecified atom stereocenters. The summed E-state index contributed by atoms with van der Waals surface area (Å²) in [4.78, 5) is 12.3. The number of thiocarbonyl (C=S) groups is 1. The van der Waals surface area contributed by atoms with Gasteiger partial charge in [-0.05, 0) is 42.9 Å². The average Bonchev–Trinajstić information content (AvgIpc) is 2.56. The van der Waals surface area contributed by atoms with Crippen LogP contribution in [-0.2, 0) is 0 Å². The second kappa shape index (κ2) is 7.60. The Labute approximate surface area is 140 Å². The number of nitrogens with one attached hydrogen (secondary N) is 2. The number of hydrogen-bond donors (Lipinski definition) is 2. The lowest BCUT2D eigenvalue weighted by atomic mass is 10.2. The first-order valence-corrected chi connectivity index (χ1v) is 7.35. The molecule has 0 atom stereocenters. The van der Waals surface area contributed by atoms with Crippen molar-refractivity contribution in [1.82, 2.24) is 5.32 Å². The number of carbonyl (C=O) groups excluding carboxylic acids is 1.